The number of Topliss-reactive ketones (excluding diaryl/α,β-unsaturated/α-hetero) is 1. The number of ketones is 1. The highest BCUT2D eigenvalue weighted by atomic mass is 19.1. The number of carbonyl (C=O) groups excluding carboxylic acids is 2. The van der Waals surface area contributed by atoms with Crippen LogP contribution in [0.5, 0.6) is 0 Å². The fourth-order valence-electron chi connectivity index (χ4n) is 1.27. The first-order chi connectivity index (χ1) is 7.82. The molecular formula is C10H9FN2O4. The summed E-state index contributed by atoms with van der Waals surface area (Å²) in [5, 5.41) is 12.8. The van der Waals surface area contributed by atoms with Gasteiger partial charge in [0.1, 0.15) is 11.5 Å². The number of rotatable bonds is 3. The molecule has 0 saturated carbocycles. The number of hydrogen-bond acceptors (Lipinski definition) is 4. The molecule has 0 atom stereocenters. The van der Waals surface area contributed by atoms with Crippen molar-refractivity contribution < 1.29 is 18.9 Å². The van der Waals surface area contributed by atoms with Crippen molar-refractivity contribution in [2.24, 2.45) is 0 Å². The summed E-state index contributed by atoms with van der Waals surface area (Å²) in [6.45, 7) is 2.24. The SMILES string of the molecule is CC(=O)Nc1cc(F)c(C(C)=O)cc1[N+](=O)[O-]. The minimum Gasteiger partial charge on any atom is -0.321 e. The van der Waals surface area contributed by atoms with Crippen molar-refractivity contribution in [2.45, 2.75) is 13.8 Å². The van der Waals surface area contributed by atoms with E-state index in [1.54, 1.807) is 0 Å². The number of hydrogen-bond donors (Lipinski definition) is 1. The van der Waals surface area contributed by atoms with Gasteiger partial charge in [-0.2, -0.15) is 0 Å². The van der Waals surface area contributed by atoms with Crippen LogP contribution in [0.1, 0.15) is 24.2 Å². The molecule has 0 fully saturated rings. The van der Waals surface area contributed by atoms with Crippen LogP contribution < -0.4 is 5.32 Å². The van der Waals surface area contributed by atoms with Crippen molar-refractivity contribution in [1.82, 2.24) is 0 Å². The zero-order valence-electron chi connectivity index (χ0n) is 9.11. The maximum atomic E-state index is 13.4. The lowest BCUT2D eigenvalue weighted by Gasteiger charge is -2.06. The third-order valence-electron chi connectivity index (χ3n) is 1.97. The Balaban J connectivity index is 3.40. The second-order valence-corrected chi connectivity index (χ2v) is 3.34. The van der Waals surface area contributed by atoms with Crippen molar-refractivity contribution in [3.8, 4) is 0 Å². The lowest BCUT2D eigenvalue weighted by molar-refractivity contribution is -0.384. The van der Waals surface area contributed by atoms with E-state index >= 15 is 0 Å². The van der Waals surface area contributed by atoms with E-state index in [9.17, 15) is 24.1 Å². The summed E-state index contributed by atoms with van der Waals surface area (Å²) in [4.78, 5) is 31.7. The number of benzene rings is 1. The monoisotopic (exact) mass is 240 g/mol. The van der Waals surface area contributed by atoms with Gasteiger partial charge in [0.15, 0.2) is 5.78 Å². The summed E-state index contributed by atoms with van der Waals surface area (Å²) in [6.07, 6.45) is 0. The number of nitro benzene ring substituents is 1. The smallest absolute Gasteiger partial charge is 0.293 e. The fourth-order valence-corrected chi connectivity index (χ4v) is 1.27. The molecule has 1 aromatic carbocycles. The molecule has 0 spiro atoms. The van der Waals surface area contributed by atoms with Gasteiger partial charge in [-0.15, -0.1) is 0 Å². The van der Waals surface area contributed by atoms with E-state index in [1.807, 2.05) is 0 Å². The van der Waals surface area contributed by atoms with Gasteiger partial charge in [0, 0.05) is 19.1 Å². The number of nitrogens with zero attached hydrogens (tertiary/aromatic N) is 1. The second kappa shape index (κ2) is 4.69. The van der Waals surface area contributed by atoms with E-state index in [0.717, 1.165) is 26.0 Å². The Kier molecular flexibility index (Phi) is 3.52. The Morgan fingerprint density at radius 3 is 2.35 bits per heavy atom. The highest BCUT2D eigenvalue weighted by molar-refractivity contribution is 5.97. The number of nitro groups is 1. The molecule has 0 aliphatic carbocycles. The molecule has 6 nitrogen and oxygen atoms in total. The molecule has 90 valence electrons. The van der Waals surface area contributed by atoms with Crippen LogP contribution in [-0.4, -0.2) is 16.6 Å². The van der Waals surface area contributed by atoms with Crippen molar-refractivity contribution >= 4 is 23.1 Å². The summed E-state index contributed by atoms with van der Waals surface area (Å²) in [5.41, 5.74) is -1.18. The Morgan fingerprint density at radius 2 is 1.94 bits per heavy atom. The third-order valence-corrected chi connectivity index (χ3v) is 1.97. The quantitative estimate of drug-likeness (QED) is 0.496. The van der Waals surface area contributed by atoms with Gasteiger partial charge in [0.2, 0.25) is 5.91 Å². The molecular weight excluding hydrogens is 231 g/mol. The summed E-state index contributed by atoms with van der Waals surface area (Å²) in [5.74, 6) is -2.10. The van der Waals surface area contributed by atoms with Gasteiger partial charge in [0.05, 0.1) is 10.5 Å². The van der Waals surface area contributed by atoms with Gasteiger partial charge in [-0.3, -0.25) is 19.7 Å². The summed E-state index contributed by atoms with van der Waals surface area (Å²) >= 11 is 0. The van der Waals surface area contributed by atoms with E-state index in [-0.39, 0.29) is 11.3 Å². The first kappa shape index (κ1) is 12.8. The molecule has 7 heteroatoms. The van der Waals surface area contributed by atoms with Crippen LogP contribution in [0, 0.1) is 15.9 Å². The molecule has 0 bridgehead atoms. The molecule has 0 heterocycles. The first-order valence-corrected chi connectivity index (χ1v) is 4.59. The van der Waals surface area contributed by atoms with Crippen LogP contribution in [0.4, 0.5) is 15.8 Å². The Morgan fingerprint density at radius 1 is 1.35 bits per heavy atom. The van der Waals surface area contributed by atoms with E-state index in [0.29, 0.717) is 0 Å². The Bertz CT molecular complexity index is 513. The summed E-state index contributed by atoms with van der Waals surface area (Å²) in [6, 6.07) is 1.57. The summed E-state index contributed by atoms with van der Waals surface area (Å²) < 4.78 is 13.4. The van der Waals surface area contributed by atoms with Gasteiger partial charge >= 0.3 is 0 Å². The lowest BCUT2D eigenvalue weighted by atomic mass is 10.1. The normalized spacial score (nSPS) is 9.82. The van der Waals surface area contributed by atoms with Gasteiger partial charge in [-0.1, -0.05) is 0 Å². The molecule has 0 aromatic heterocycles. The minimum atomic E-state index is -0.910. The van der Waals surface area contributed by atoms with Gasteiger partial charge < -0.3 is 5.32 Å². The summed E-state index contributed by atoms with van der Waals surface area (Å²) in [7, 11) is 0. The van der Waals surface area contributed by atoms with Gasteiger partial charge in [-0.05, 0) is 6.92 Å². The van der Waals surface area contributed by atoms with Crippen LogP contribution in [0.25, 0.3) is 0 Å². The average molecular weight is 240 g/mol. The maximum absolute atomic E-state index is 13.4. The van der Waals surface area contributed by atoms with Crippen molar-refractivity contribution in [3.05, 3.63) is 33.6 Å². The zero-order valence-corrected chi connectivity index (χ0v) is 9.11. The van der Waals surface area contributed by atoms with E-state index in [2.05, 4.69) is 5.32 Å². The Hall–Kier alpha value is -2.31. The number of nitrogens with one attached hydrogen (secondary N) is 1. The van der Waals surface area contributed by atoms with Crippen LogP contribution in [0.3, 0.4) is 0 Å². The lowest BCUT2D eigenvalue weighted by Crippen LogP contribution is -2.10. The number of amides is 1. The van der Waals surface area contributed by atoms with Crippen LogP contribution in [0.15, 0.2) is 12.1 Å². The van der Waals surface area contributed by atoms with E-state index in [1.165, 1.54) is 0 Å². The highest BCUT2D eigenvalue weighted by Crippen LogP contribution is 2.28. The average Bonchev–Trinajstić information content (AvgIpc) is 2.15. The molecule has 0 saturated heterocycles. The number of halogens is 1. The van der Waals surface area contributed by atoms with Crippen LogP contribution in [-0.2, 0) is 4.79 Å². The molecule has 0 aliphatic heterocycles. The predicted molar refractivity (Wildman–Crippen MR) is 57.4 cm³/mol. The van der Waals surface area contributed by atoms with E-state index < -0.39 is 28.1 Å². The van der Waals surface area contributed by atoms with E-state index in [4.69, 9.17) is 0 Å². The van der Waals surface area contributed by atoms with Crippen molar-refractivity contribution in [1.29, 1.82) is 0 Å². The van der Waals surface area contributed by atoms with Crippen molar-refractivity contribution in [3.63, 3.8) is 0 Å². The zero-order chi connectivity index (χ0) is 13.2. The topological polar surface area (TPSA) is 89.3 Å². The number of carbonyl (C=O) groups is 2. The maximum Gasteiger partial charge on any atom is 0.293 e. The van der Waals surface area contributed by atoms with Crippen LogP contribution in [0.2, 0.25) is 0 Å². The first-order valence-electron chi connectivity index (χ1n) is 4.59. The van der Waals surface area contributed by atoms with Gasteiger partial charge in [-0.25, -0.2) is 4.39 Å². The minimum absolute atomic E-state index is 0.273. The molecule has 0 radical (unpaired) electrons. The molecule has 1 amide bonds. The van der Waals surface area contributed by atoms with Gasteiger partial charge in [0.25, 0.3) is 5.69 Å². The van der Waals surface area contributed by atoms with Crippen molar-refractivity contribution in [2.75, 3.05) is 5.32 Å². The second-order valence-electron chi connectivity index (χ2n) is 3.34. The molecule has 1 N–H and O–H groups in total. The molecule has 1 rings (SSSR count). The Labute approximate surface area is 95.6 Å². The molecule has 0 unspecified atom stereocenters. The third kappa shape index (κ3) is 2.83. The molecule has 0 aliphatic rings. The molecule has 17 heavy (non-hydrogen) atoms. The molecule has 1 aromatic rings. The fraction of sp³-hybridized carbons (Fsp3) is 0.200. The standard InChI is InChI=1S/C10H9FN2O4/c1-5(14)7-3-10(13(16)17)9(4-8(7)11)12-6(2)15/h3-4H,1-2H3,(H,12,15). The van der Waals surface area contributed by atoms with Crippen LogP contribution >= 0.6 is 0 Å². The largest absolute Gasteiger partial charge is 0.321 e. The predicted octanol–water partition coefficient (Wildman–Crippen LogP) is 1.89. The highest BCUT2D eigenvalue weighted by Gasteiger charge is 2.20. The number of anilines is 1.